The van der Waals surface area contributed by atoms with Gasteiger partial charge in [0.05, 0.1) is 14.2 Å². The molecule has 0 heterocycles. The number of esters is 1. The predicted molar refractivity (Wildman–Crippen MR) is 92.6 cm³/mol. The van der Waals surface area contributed by atoms with E-state index in [9.17, 15) is 4.79 Å². The van der Waals surface area contributed by atoms with Gasteiger partial charge in [0.25, 0.3) is 0 Å². The van der Waals surface area contributed by atoms with Crippen molar-refractivity contribution in [3.05, 3.63) is 29.8 Å². The van der Waals surface area contributed by atoms with Crippen molar-refractivity contribution >= 4 is 5.97 Å². The molecule has 0 amide bonds. The van der Waals surface area contributed by atoms with Gasteiger partial charge in [-0.15, -0.1) is 0 Å². The first-order valence-corrected chi connectivity index (χ1v) is 8.08. The van der Waals surface area contributed by atoms with Crippen LogP contribution in [0, 0.1) is 5.92 Å². The smallest absolute Gasteiger partial charge is 0.327 e. The lowest BCUT2D eigenvalue weighted by atomic mass is 10.0. The zero-order valence-electron chi connectivity index (χ0n) is 14.9. The summed E-state index contributed by atoms with van der Waals surface area (Å²) < 4.78 is 10.1. The Kier molecular flexibility index (Phi) is 8.06. The third-order valence-corrected chi connectivity index (χ3v) is 3.85. The number of methoxy groups -OCH3 is 2. The highest BCUT2D eigenvalue weighted by molar-refractivity contribution is 5.80. The largest absolute Gasteiger partial charge is 0.497 e. The molecule has 1 aromatic rings. The van der Waals surface area contributed by atoms with E-state index in [1.165, 1.54) is 7.11 Å². The zero-order chi connectivity index (χ0) is 17.3. The fourth-order valence-electron chi connectivity index (χ4n) is 2.20. The lowest BCUT2D eigenvalue weighted by Gasteiger charge is -2.28. The Hall–Kier alpha value is -1.59. The monoisotopic (exact) mass is 322 g/mol. The highest BCUT2D eigenvalue weighted by Crippen LogP contribution is 2.13. The Morgan fingerprint density at radius 3 is 2.39 bits per heavy atom. The van der Waals surface area contributed by atoms with Crippen molar-refractivity contribution in [1.29, 1.82) is 0 Å². The van der Waals surface area contributed by atoms with E-state index in [4.69, 9.17) is 9.47 Å². The van der Waals surface area contributed by atoms with Gasteiger partial charge in [-0.25, -0.2) is 0 Å². The molecular formula is C18H30N2O3. The summed E-state index contributed by atoms with van der Waals surface area (Å²) in [5.41, 5.74) is 0.328. The number of nitrogens with one attached hydrogen (secondary N) is 2. The molecule has 1 aromatic carbocycles. The van der Waals surface area contributed by atoms with Crippen LogP contribution < -0.4 is 15.4 Å². The zero-order valence-corrected chi connectivity index (χ0v) is 14.9. The summed E-state index contributed by atoms with van der Waals surface area (Å²) in [4.78, 5) is 12.1. The van der Waals surface area contributed by atoms with Gasteiger partial charge >= 0.3 is 5.97 Å². The fraction of sp³-hybridized carbons (Fsp3) is 0.611. The molecule has 0 aliphatic rings. The maximum Gasteiger partial charge on any atom is 0.327 e. The maximum absolute atomic E-state index is 12.1. The Labute approximate surface area is 139 Å². The molecule has 0 bridgehead atoms. The molecule has 0 spiro atoms. The molecule has 0 saturated carbocycles. The van der Waals surface area contributed by atoms with E-state index in [0.717, 1.165) is 24.3 Å². The summed E-state index contributed by atoms with van der Waals surface area (Å²) in [7, 11) is 3.06. The van der Waals surface area contributed by atoms with Crippen molar-refractivity contribution < 1.29 is 14.3 Å². The SMILES string of the molecule is COC(=O)C(C)(CNCCC(C)C)NCc1ccc(OC)cc1. The van der Waals surface area contributed by atoms with Gasteiger partial charge in [0.1, 0.15) is 11.3 Å². The molecule has 0 aliphatic heterocycles. The second kappa shape index (κ2) is 9.53. The van der Waals surface area contributed by atoms with Gasteiger partial charge < -0.3 is 14.8 Å². The summed E-state index contributed by atoms with van der Waals surface area (Å²) >= 11 is 0. The van der Waals surface area contributed by atoms with E-state index in [-0.39, 0.29) is 5.97 Å². The summed E-state index contributed by atoms with van der Waals surface area (Å²) in [6.07, 6.45) is 1.08. The standard InChI is InChI=1S/C18H30N2O3/c1-14(2)10-11-19-13-18(3,17(21)23-5)20-12-15-6-8-16(22-4)9-7-15/h6-9,14,19-20H,10-13H2,1-5H3. The van der Waals surface area contributed by atoms with Gasteiger partial charge in [0, 0.05) is 13.1 Å². The average molecular weight is 322 g/mol. The summed E-state index contributed by atoms with van der Waals surface area (Å²) in [6, 6.07) is 7.78. The minimum Gasteiger partial charge on any atom is -0.497 e. The number of hydrogen-bond donors (Lipinski definition) is 2. The van der Waals surface area contributed by atoms with Crippen LogP contribution in [0.2, 0.25) is 0 Å². The van der Waals surface area contributed by atoms with Crippen molar-refractivity contribution in [3.8, 4) is 5.75 Å². The number of rotatable bonds is 10. The van der Waals surface area contributed by atoms with Gasteiger partial charge in [0.15, 0.2) is 0 Å². The van der Waals surface area contributed by atoms with E-state index < -0.39 is 5.54 Å². The minimum atomic E-state index is -0.758. The Morgan fingerprint density at radius 2 is 1.87 bits per heavy atom. The van der Waals surface area contributed by atoms with Crippen LogP contribution in [0.3, 0.4) is 0 Å². The predicted octanol–water partition coefficient (Wildman–Crippen LogP) is 2.35. The first-order chi connectivity index (χ1) is 10.9. The molecule has 0 saturated heterocycles. The topological polar surface area (TPSA) is 59.6 Å². The van der Waals surface area contributed by atoms with E-state index in [1.807, 2.05) is 31.2 Å². The second-order valence-electron chi connectivity index (χ2n) is 6.38. The van der Waals surface area contributed by atoms with Crippen LogP contribution in [-0.2, 0) is 16.1 Å². The van der Waals surface area contributed by atoms with Gasteiger partial charge in [0.2, 0.25) is 0 Å². The van der Waals surface area contributed by atoms with Crippen molar-refractivity contribution in [1.82, 2.24) is 10.6 Å². The number of ether oxygens (including phenoxy) is 2. The molecule has 5 heteroatoms. The van der Waals surface area contributed by atoms with Crippen LogP contribution in [0.15, 0.2) is 24.3 Å². The summed E-state index contributed by atoms with van der Waals surface area (Å²) in [5.74, 6) is 1.20. The number of benzene rings is 1. The second-order valence-corrected chi connectivity index (χ2v) is 6.38. The normalized spacial score (nSPS) is 13.7. The van der Waals surface area contributed by atoms with E-state index in [0.29, 0.717) is 19.0 Å². The first-order valence-electron chi connectivity index (χ1n) is 8.08. The highest BCUT2D eigenvalue weighted by atomic mass is 16.5. The van der Waals surface area contributed by atoms with Crippen molar-refractivity contribution in [3.63, 3.8) is 0 Å². The molecule has 1 atom stereocenters. The molecule has 0 fully saturated rings. The van der Waals surface area contributed by atoms with Crippen molar-refractivity contribution in [2.45, 2.75) is 39.3 Å². The highest BCUT2D eigenvalue weighted by Gasteiger charge is 2.33. The van der Waals surface area contributed by atoms with Crippen LogP contribution >= 0.6 is 0 Å². The van der Waals surface area contributed by atoms with Crippen LogP contribution in [0.5, 0.6) is 5.75 Å². The lowest BCUT2D eigenvalue weighted by molar-refractivity contribution is -0.147. The molecule has 1 unspecified atom stereocenters. The number of hydrogen-bond acceptors (Lipinski definition) is 5. The van der Waals surface area contributed by atoms with E-state index in [1.54, 1.807) is 7.11 Å². The molecule has 2 N–H and O–H groups in total. The Bertz CT molecular complexity index is 474. The summed E-state index contributed by atoms with van der Waals surface area (Å²) in [6.45, 7) is 8.23. The van der Waals surface area contributed by atoms with Crippen LogP contribution in [-0.4, -0.2) is 38.8 Å². The quantitative estimate of drug-likeness (QED) is 0.511. The van der Waals surface area contributed by atoms with E-state index in [2.05, 4.69) is 24.5 Å². The van der Waals surface area contributed by atoms with E-state index >= 15 is 0 Å². The molecular weight excluding hydrogens is 292 g/mol. The average Bonchev–Trinajstić information content (AvgIpc) is 2.56. The maximum atomic E-state index is 12.1. The number of carbonyl (C=O) groups is 1. The van der Waals surface area contributed by atoms with Crippen molar-refractivity contribution in [2.75, 3.05) is 27.3 Å². The van der Waals surface area contributed by atoms with Crippen LogP contribution in [0.4, 0.5) is 0 Å². The third kappa shape index (κ3) is 6.59. The molecule has 23 heavy (non-hydrogen) atoms. The molecule has 1 rings (SSSR count). The van der Waals surface area contributed by atoms with Gasteiger partial charge in [-0.05, 0) is 43.5 Å². The summed E-state index contributed by atoms with van der Waals surface area (Å²) in [5, 5.41) is 6.65. The molecule has 0 radical (unpaired) electrons. The first kappa shape index (κ1) is 19.5. The molecule has 5 nitrogen and oxygen atoms in total. The fourth-order valence-corrected chi connectivity index (χ4v) is 2.20. The van der Waals surface area contributed by atoms with Crippen molar-refractivity contribution in [2.24, 2.45) is 5.92 Å². The molecule has 0 aromatic heterocycles. The minimum absolute atomic E-state index is 0.261. The number of carbonyl (C=O) groups excluding carboxylic acids is 1. The molecule has 130 valence electrons. The van der Waals surface area contributed by atoms with Gasteiger partial charge in [-0.3, -0.25) is 10.1 Å². The Balaban J connectivity index is 2.59. The molecule has 0 aliphatic carbocycles. The third-order valence-electron chi connectivity index (χ3n) is 3.85. The van der Waals surface area contributed by atoms with Crippen LogP contribution in [0.25, 0.3) is 0 Å². The Morgan fingerprint density at radius 1 is 1.22 bits per heavy atom. The lowest BCUT2D eigenvalue weighted by Crippen LogP contribution is -2.56. The van der Waals surface area contributed by atoms with Crippen LogP contribution in [0.1, 0.15) is 32.8 Å². The van der Waals surface area contributed by atoms with Gasteiger partial charge in [-0.1, -0.05) is 26.0 Å². The van der Waals surface area contributed by atoms with Gasteiger partial charge in [-0.2, -0.15) is 0 Å².